The van der Waals surface area contributed by atoms with Gasteiger partial charge in [0.05, 0.1) is 30.9 Å². The Labute approximate surface area is 138 Å². The van der Waals surface area contributed by atoms with Crippen LogP contribution in [-0.2, 0) is 9.53 Å². The third-order valence-electron chi connectivity index (χ3n) is 4.19. The highest BCUT2D eigenvalue weighted by molar-refractivity contribution is 6.01. The number of amides is 1. The topological polar surface area (TPSA) is 59.8 Å². The molecule has 1 amide bonds. The Hall–Kier alpha value is -1.88. The third kappa shape index (κ3) is 5.06. The number of ether oxygens (including phenoxy) is 1. The lowest BCUT2D eigenvalue weighted by Gasteiger charge is -2.31. The fourth-order valence-corrected chi connectivity index (χ4v) is 3.47. The lowest BCUT2D eigenvalue weighted by Crippen LogP contribution is -3.15. The summed E-state index contributed by atoms with van der Waals surface area (Å²) < 4.78 is 5.03. The number of hydrogen-bond donors (Lipinski definition) is 2. The van der Waals surface area contributed by atoms with Gasteiger partial charge in [0.2, 0.25) is 0 Å². The zero-order valence-corrected chi connectivity index (χ0v) is 14.2. The van der Waals surface area contributed by atoms with Crippen LogP contribution in [0.3, 0.4) is 0 Å². The molecular weight excluding hydrogens is 292 g/mol. The summed E-state index contributed by atoms with van der Waals surface area (Å²) >= 11 is 0. The summed E-state index contributed by atoms with van der Waals surface area (Å²) in [6.45, 7) is 9.05. The first-order valence-electron chi connectivity index (χ1n) is 8.39. The minimum atomic E-state index is -0.407. The molecule has 1 heterocycles. The number of likely N-dealkylation sites (tertiary alicyclic amines) is 1. The van der Waals surface area contributed by atoms with E-state index in [1.807, 2.05) is 0 Å². The van der Waals surface area contributed by atoms with E-state index in [2.05, 4.69) is 19.2 Å². The van der Waals surface area contributed by atoms with Crippen molar-refractivity contribution in [3.8, 4) is 0 Å². The van der Waals surface area contributed by atoms with Crippen LogP contribution in [0.1, 0.15) is 37.6 Å². The Morgan fingerprint density at radius 3 is 2.52 bits per heavy atom. The van der Waals surface area contributed by atoms with Crippen molar-refractivity contribution in [1.82, 2.24) is 0 Å². The smallest absolute Gasteiger partial charge is 0.340 e. The van der Waals surface area contributed by atoms with Crippen LogP contribution in [0.15, 0.2) is 24.3 Å². The van der Waals surface area contributed by atoms with Gasteiger partial charge >= 0.3 is 5.97 Å². The fourth-order valence-electron chi connectivity index (χ4n) is 3.47. The number of hydrogen-bond acceptors (Lipinski definition) is 3. The van der Waals surface area contributed by atoms with Gasteiger partial charge in [-0.1, -0.05) is 26.0 Å². The average molecular weight is 319 g/mol. The molecule has 5 nitrogen and oxygen atoms in total. The highest BCUT2D eigenvalue weighted by Crippen LogP contribution is 2.16. The number of benzene rings is 1. The maximum atomic E-state index is 12.3. The van der Waals surface area contributed by atoms with Crippen molar-refractivity contribution in [2.75, 3.05) is 31.6 Å². The molecule has 126 valence electrons. The number of nitrogens with one attached hydrogen (secondary N) is 2. The molecule has 0 radical (unpaired) electrons. The van der Waals surface area contributed by atoms with E-state index in [1.165, 1.54) is 11.3 Å². The van der Waals surface area contributed by atoms with Crippen LogP contribution in [0.2, 0.25) is 0 Å². The van der Waals surface area contributed by atoms with Gasteiger partial charge in [-0.05, 0) is 25.5 Å². The molecule has 1 aromatic rings. The van der Waals surface area contributed by atoms with Crippen LogP contribution in [0.4, 0.5) is 5.69 Å². The molecule has 1 aliphatic heterocycles. The lowest BCUT2D eigenvalue weighted by molar-refractivity contribution is -0.904. The lowest BCUT2D eigenvalue weighted by atomic mass is 9.92. The third-order valence-corrected chi connectivity index (χ3v) is 4.19. The molecule has 1 aliphatic rings. The van der Waals surface area contributed by atoms with Crippen LogP contribution >= 0.6 is 0 Å². The van der Waals surface area contributed by atoms with Crippen molar-refractivity contribution in [3.63, 3.8) is 0 Å². The zero-order valence-electron chi connectivity index (χ0n) is 14.2. The summed E-state index contributed by atoms with van der Waals surface area (Å²) in [6.07, 6.45) is 1.23. The van der Waals surface area contributed by atoms with Gasteiger partial charge in [0.25, 0.3) is 5.91 Å². The largest absolute Gasteiger partial charge is 0.462 e. The van der Waals surface area contributed by atoms with E-state index < -0.39 is 5.97 Å². The Kier molecular flexibility index (Phi) is 6.16. The molecule has 5 heteroatoms. The second-order valence-electron chi connectivity index (χ2n) is 6.60. The van der Waals surface area contributed by atoms with Crippen molar-refractivity contribution in [1.29, 1.82) is 0 Å². The molecule has 1 saturated heterocycles. The molecule has 0 spiro atoms. The SMILES string of the molecule is CCOC(=O)c1ccccc1NC(=O)C[NH+]1C[C@H](C)C[C@@H](C)C1. The van der Waals surface area contributed by atoms with Crippen molar-refractivity contribution < 1.29 is 19.2 Å². The van der Waals surface area contributed by atoms with Crippen molar-refractivity contribution >= 4 is 17.6 Å². The highest BCUT2D eigenvalue weighted by atomic mass is 16.5. The number of rotatable bonds is 5. The van der Waals surface area contributed by atoms with E-state index in [0.717, 1.165) is 13.1 Å². The van der Waals surface area contributed by atoms with Gasteiger partial charge < -0.3 is 15.0 Å². The molecule has 23 heavy (non-hydrogen) atoms. The van der Waals surface area contributed by atoms with Gasteiger partial charge in [0, 0.05) is 11.8 Å². The molecule has 0 saturated carbocycles. The van der Waals surface area contributed by atoms with E-state index in [1.54, 1.807) is 31.2 Å². The minimum absolute atomic E-state index is 0.0574. The standard InChI is InChI=1S/C18H26N2O3/c1-4-23-18(22)15-7-5-6-8-16(15)19-17(21)12-20-10-13(2)9-14(3)11-20/h5-8,13-14H,4,9-12H2,1-3H3,(H,19,21)/p+1/t13-,14-/m1/s1. The summed E-state index contributed by atoms with van der Waals surface area (Å²) in [7, 11) is 0. The number of carbonyl (C=O) groups is 2. The summed E-state index contributed by atoms with van der Waals surface area (Å²) in [4.78, 5) is 25.6. The normalized spacial score (nSPS) is 24.0. The minimum Gasteiger partial charge on any atom is -0.462 e. The van der Waals surface area contributed by atoms with Crippen LogP contribution in [-0.4, -0.2) is 38.1 Å². The zero-order chi connectivity index (χ0) is 16.8. The van der Waals surface area contributed by atoms with E-state index in [-0.39, 0.29) is 5.91 Å². The Morgan fingerprint density at radius 1 is 1.22 bits per heavy atom. The molecule has 2 rings (SSSR count). The van der Waals surface area contributed by atoms with Gasteiger partial charge in [-0.3, -0.25) is 4.79 Å². The predicted molar refractivity (Wildman–Crippen MR) is 89.5 cm³/mol. The monoisotopic (exact) mass is 319 g/mol. The van der Waals surface area contributed by atoms with Crippen LogP contribution in [0.5, 0.6) is 0 Å². The molecule has 0 aromatic heterocycles. The highest BCUT2D eigenvalue weighted by Gasteiger charge is 2.27. The summed E-state index contributed by atoms with van der Waals surface area (Å²) in [5.74, 6) is 0.829. The number of anilines is 1. The Morgan fingerprint density at radius 2 is 1.87 bits per heavy atom. The van der Waals surface area contributed by atoms with Crippen LogP contribution in [0, 0.1) is 11.8 Å². The first-order chi connectivity index (χ1) is 11.0. The number of para-hydroxylation sites is 1. The molecule has 2 N–H and O–H groups in total. The molecule has 0 aliphatic carbocycles. The molecule has 1 fully saturated rings. The summed E-state index contributed by atoms with van der Waals surface area (Å²) in [5, 5.41) is 2.87. The summed E-state index contributed by atoms with van der Waals surface area (Å²) in [5.41, 5.74) is 0.923. The number of carbonyl (C=O) groups excluding carboxylic acids is 2. The number of piperidine rings is 1. The number of esters is 1. The molecule has 2 atom stereocenters. The van der Waals surface area contributed by atoms with Crippen molar-refractivity contribution in [3.05, 3.63) is 29.8 Å². The van der Waals surface area contributed by atoms with Crippen LogP contribution < -0.4 is 10.2 Å². The van der Waals surface area contributed by atoms with E-state index in [0.29, 0.717) is 36.2 Å². The average Bonchev–Trinajstić information content (AvgIpc) is 2.46. The van der Waals surface area contributed by atoms with Gasteiger partial charge in [-0.15, -0.1) is 0 Å². The number of quaternary nitrogens is 1. The second-order valence-corrected chi connectivity index (χ2v) is 6.60. The Bertz CT molecular complexity index is 549. The predicted octanol–water partition coefficient (Wildman–Crippen LogP) is 1.36. The van der Waals surface area contributed by atoms with E-state index in [9.17, 15) is 9.59 Å². The first kappa shape index (κ1) is 17.5. The molecular formula is C18H27N2O3+. The summed E-state index contributed by atoms with van der Waals surface area (Å²) in [6, 6.07) is 6.98. The van der Waals surface area contributed by atoms with Gasteiger partial charge in [-0.2, -0.15) is 0 Å². The first-order valence-corrected chi connectivity index (χ1v) is 8.39. The van der Waals surface area contributed by atoms with Crippen molar-refractivity contribution in [2.45, 2.75) is 27.2 Å². The molecule has 1 aromatic carbocycles. The van der Waals surface area contributed by atoms with Crippen molar-refractivity contribution in [2.24, 2.45) is 11.8 Å². The maximum absolute atomic E-state index is 12.3. The van der Waals surface area contributed by atoms with Gasteiger partial charge in [0.15, 0.2) is 6.54 Å². The van der Waals surface area contributed by atoms with E-state index >= 15 is 0 Å². The molecule has 0 bridgehead atoms. The quantitative estimate of drug-likeness (QED) is 0.806. The molecule has 0 unspecified atom stereocenters. The second kappa shape index (κ2) is 8.11. The van der Waals surface area contributed by atoms with E-state index in [4.69, 9.17) is 4.74 Å². The fraction of sp³-hybridized carbons (Fsp3) is 0.556. The van der Waals surface area contributed by atoms with Crippen LogP contribution in [0.25, 0.3) is 0 Å². The Balaban J connectivity index is 1.99. The maximum Gasteiger partial charge on any atom is 0.340 e. The van der Waals surface area contributed by atoms with Gasteiger partial charge in [0.1, 0.15) is 0 Å². The van der Waals surface area contributed by atoms with Gasteiger partial charge in [-0.25, -0.2) is 4.79 Å².